The number of hydrogen-bond donors (Lipinski definition) is 1. The van der Waals surface area contributed by atoms with Gasteiger partial charge in [-0.05, 0) is 61.7 Å². The third kappa shape index (κ3) is 6.87. The molecular weight excluding hydrogens is 474 g/mol. The maximum Gasteiger partial charge on any atom is 0.244 e. The lowest BCUT2D eigenvalue weighted by Crippen LogP contribution is -2.49. The first kappa shape index (κ1) is 26.3. The van der Waals surface area contributed by atoms with Crippen molar-refractivity contribution in [2.24, 2.45) is 0 Å². The van der Waals surface area contributed by atoms with Crippen molar-refractivity contribution in [2.75, 3.05) is 30.8 Å². The van der Waals surface area contributed by atoms with E-state index in [4.69, 9.17) is 16.3 Å². The van der Waals surface area contributed by atoms with E-state index in [1.54, 1.807) is 19.1 Å². The minimum Gasteiger partial charge on any atom is -0.495 e. The number of likely N-dealkylation sites (tertiary alicyclic amines) is 1. The number of methoxy groups -OCH3 is 1. The summed E-state index contributed by atoms with van der Waals surface area (Å²) >= 11 is 6.23. The van der Waals surface area contributed by atoms with E-state index in [0.717, 1.165) is 35.8 Å². The van der Waals surface area contributed by atoms with Crippen LogP contribution in [0.5, 0.6) is 5.75 Å². The second-order valence-corrected chi connectivity index (χ2v) is 10.9. The van der Waals surface area contributed by atoms with Gasteiger partial charge in [0, 0.05) is 13.1 Å². The predicted molar refractivity (Wildman–Crippen MR) is 137 cm³/mol. The van der Waals surface area contributed by atoms with Crippen LogP contribution in [0, 0.1) is 0 Å². The summed E-state index contributed by atoms with van der Waals surface area (Å²) in [6, 6.07) is 12.0. The van der Waals surface area contributed by atoms with Crippen LogP contribution >= 0.6 is 11.6 Å². The minimum atomic E-state index is -3.75. The van der Waals surface area contributed by atoms with Crippen molar-refractivity contribution < 1.29 is 17.9 Å². The Morgan fingerprint density at radius 1 is 1.15 bits per heavy atom. The van der Waals surface area contributed by atoms with Crippen LogP contribution in [0.1, 0.15) is 43.7 Å². The first-order chi connectivity index (χ1) is 16.2. The number of benzene rings is 2. The van der Waals surface area contributed by atoms with Crippen LogP contribution in [0.4, 0.5) is 5.69 Å². The molecule has 1 saturated heterocycles. The van der Waals surface area contributed by atoms with Crippen LogP contribution in [0.3, 0.4) is 0 Å². The van der Waals surface area contributed by atoms with Gasteiger partial charge in [-0.3, -0.25) is 14.0 Å². The Labute approximate surface area is 208 Å². The molecule has 2 aromatic carbocycles. The Kier molecular flexibility index (Phi) is 9.22. The highest BCUT2D eigenvalue weighted by Crippen LogP contribution is 2.31. The number of nitrogens with one attached hydrogen (secondary N) is 1. The fraction of sp³-hybridized carbons (Fsp3) is 0.480. The third-order valence-electron chi connectivity index (χ3n) is 6.03. The lowest BCUT2D eigenvalue weighted by atomic mass is 10.1. The molecule has 1 fully saturated rings. The molecule has 9 heteroatoms. The Bertz CT molecular complexity index is 1090. The standard InChI is InChI=1S/C25H34ClN3O4S/c1-4-23(29(34(3,31)32)21-11-12-24(33-2)22(26)16-21)25(30)27-17-19-9-8-10-20(15-19)18-28-13-6-5-7-14-28/h8-12,15-16,23H,4-7,13-14,17-18H2,1-3H3,(H,27,30)/t23-/m0/s1. The van der Waals surface area contributed by atoms with Crippen molar-refractivity contribution in [1.29, 1.82) is 0 Å². The quantitative estimate of drug-likeness (QED) is 0.521. The Balaban J connectivity index is 1.72. The van der Waals surface area contributed by atoms with Gasteiger partial charge >= 0.3 is 0 Å². The zero-order valence-corrected chi connectivity index (χ0v) is 21.7. The van der Waals surface area contributed by atoms with Crippen LogP contribution in [0.15, 0.2) is 42.5 Å². The Morgan fingerprint density at radius 2 is 1.85 bits per heavy atom. The largest absolute Gasteiger partial charge is 0.495 e. The number of rotatable bonds is 10. The molecule has 0 bridgehead atoms. The average molecular weight is 508 g/mol. The SMILES string of the molecule is CC[C@@H](C(=O)NCc1cccc(CN2CCCCC2)c1)N(c1ccc(OC)c(Cl)c1)S(C)(=O)=O. The van der Waals surface area contributed by atoms with Crippen LogP contribution in [0.2, 0.25) is 5.02 Å². The van der Waals surface area contributed by atoms with Gasteiger partial charge in [-0.2, -0.15) is 0 Å². The summed E-state index contributed by atoms with van der Waals surface area (Å²) in [6.45, 7) is 5.25. The lowest BCUT2D eigenvalue weighted by Gasteiger charge is -2.30. The van der Waals surface area contributed by atoms with E-state index < -0.39 is 16.1 Å². The van der Waals surface area contributed by atoms with Gasteiger partial charge in [0.05, 0.1) is 24.1 Å². The van der Waals surface area contributed by atoms with Crippen molar-refractivity contribution in [3.63, 3.8) is 0 Å². The van der Waals surface area contributed by atoms with E-state index >= 15 is 0 Å². The molecule has 1 aliphatic heterocycles. The van der Waals surface area contributed by atoms with Crippen LogP contribution in [0.25, 0.3) is 0 Å². The minimum absolute atomic E-state index is 0.273. The number of hydrogen-bond acceptors (Lipinski definition) is 5. The van der Waals surface area contributed by atoms with E-state index in [0.29, 0.717) is 24.4 Å². The molecule has 0 spiro atoms. The van der Waals surface area contributed by atoms with E-state index in [1.165, 1.54) is 38.0 Å². The summed E-state index contributed by atoms with van der Waals surface area (Å²) in [5.41, 5.74) is 2.52. The number of piperidine rings is 1. The molecule has 1 aliphatic rings. The van der Waals surface area contributed by atoms with Crippen molar-refractivity contribution in [2.45, 2.75) is 51.7 Å². The normalized spacial score (nSPS) is 15.5. The van der Waals surface area contributed by atoms with E-state index in [9.17, 15) is 13.2 Å². The maximum atomic E-state index is 13.1. The van der Waals surface area contributed by atoms with Gasteiger partial charge in [-0.15, -0.1) is 0 Å². The van der Waals surface area contributed by atoms with E-state index in [2.05, 4.69) is 22.3 Å². The molecule has 0 radical (unpaired) electrons. The van der Waals surface area contributed by atoms with Gasteiger partial charge in [0.2, 0.25) is 15.9 Å². The molecule has 186 valence electrons. The van der Waals surface area contributed by atoms with Gasteiger partial charge in [0.1, 0.15) is 11.8 Å². The monoisotopic (exact) mass is 507 g/mol. The molecule has 34 heavy (non-hydrogen) atoms. The number of ether oxygens (including phenoxy) is 1. The van der Waals surface area contributed by atoms with Gasteiger partial charge in [0.25, 0.3) is 0 Å². The zero-order valence-electron chi connectivity index (χ0n) is 20.1. The van der Waals surface area contributed by atoms with Gasteiger partial charge < -0.3 is 10.1 Å². The van der Waals surface area contributed by atoms with Crippen molar-refractivity contribution in [1.82, 2.24) is 10.2 Å². The number of carbonyl (C=O) groups is 1. The molecular formula is C25H34ClN3O4S. The van der Waals surface area contributed by atoms with Gasteiger partial charge in [-0.1, -0.05) is 49.2 Å². The summed E-state index contributed by atoms with van der Waals surface area (Å²) in [6.07, 6.45) is 5.17. The Hall–Kier alpha value is -2.29. The van der Waals surface area contributed by atoms with Crippen LogP contribution < -0.4 is 14.4 Å². The Morgan fingerprint density at radius 3 is 2.47 bits per heavy atom. The lowest BCUT2D eigenvalue weighted by molar-refractivity contribution is -0.122. The smallest absolute Gasteiger partial charge is 0.244 e. The molecule has 0 aromatic heterocycles. The first-order valence-corrected chi connectivity index (χ1v) is 13.9. The molecule has 0 unspecified atom stereocenters. The number of nitrogens with zero attached hydrogens (tertiary/aromatic N) is 2. The molecule has 2 aromatic rings. The molecule has 7 nitrogen and oxygen atoms in total. The average Bonchev–Trinajstić information content (AvgIpc) is 2.81. The second-order valence-electron chi connectivity index (χ2n) is 8.68. The highest BCUT2D eigenvalue weighted by molar-refractivity contribution is 7.92. The second kappa shape index (κ2) is 11.9. The van der Waals surface area contributed by atoms with Crippen molar-refractivity contribution in [3.8, 4) is 5.75 Å². The van der Waals surface area contributed by atoms with Gasteiger partial charge in [-0.25, -0.2) is 8.42 Å². The first-order valence-electron chi connectivity index (χ1n) is 11.6. The number of amides is 1. The third-order valence-corrected chi connectivity index (χ3v) is 7.51. The fourth-order valence-electron chi connectivity index (χ4n) is 4.37. The molecule has 1 amide bonds. The highest BCUT2D eigenvalue weighted by Gasteiger charge is 2.31. The summed E-state index contributed by atoms with van der Waals surface area (Å²) in [5.74, 6) is 0.0714. The molecule has 0 aliphatic carbocycles. The van der Waals surface area contributed by atoms with Gasteiger partial charge in [0.15, 0.2) is 0 Å². The van der Waals surface area contributed by atoms with Crippen LogP contribution in [-0.2, 0) is 27.9 Å². The maximum absolute atomic E-state index is 13.1. The predicted octanol–water partition coefficient (Wildman–Crippen LogP) is 4.20. The fourth-order valence-corrected chi connectivity index (χ4v) is 5.83. The molecule has 3 rings (SSSR count). The van der Waals surface area contributed by atoms with E-state index in [1.807, 2.05) is 12.1 Å². The van der Waals surface area contributed by atoms with Crippen molar-refractivity contribution >= 4 is 33.2 Å². The molecule has 1 atom stereocenters. The molecule has 1 N–H and O–H groups in total. The number of anilines is 1. The number of halogens is 1. The molecule has 0 saturated carbocycles. The summed E-state index contributed by atoms with van der Waals surface area (Å²) in [4.78, 5) is 15.6. The van der Waals surface area contributed by atoms with Crippen LogP contribution in [-0.4, -0.2) is 51.7 Å². The zero-order chi connectivity index (χ0) is 24.7. The summed E-state index contributed by atoms with van der Waals surface area (Å²) in [5, 5.41) is 3.20. The van der Waals surface area contributed by atoms with Crippen molar-refractivity contribution in [3.05, 3.63) is 58.6 Å². The topological polar surface area (TPSA) is 79.0 Å². The van der Waals surface area contributed by atoms with E-state index in [-0.39, 0.29) is 10.9 Å². The summed E-state index contributed by atoms with van der Waals surface area (Å²) in [7, 11) is -2.26. The highest BCUT2D eigenvalue weighted by atomic mass is 35.5. The number of sulfonamides is 1. The summed E-state index contributed by atoms with van der Waals surface area (Å²) < 4.78 is 31.6. The number of carbonyl (C=O) groups excluding carboxylic acids is 1. The molecule has 1 heterocycles.